The Morgan fingerprint density at radius 3 is 2.18 bits per heavy atom. The van der Waals surface area contributed by atoms with Crippen LogP contribution < -0.4 is 0 Å². The maximum absolute atomic E-state index is 5.42. The molecule has 0 aromatic heterocycles. The van der Waals surface area contributed by atoms with Crippen LogP contribution in [0.4, 0.5) is 0 Å². The molecule has 3 heteroatoms. The van der Waals surface area contributed by atoms with E-state index in [9.17, 15) is 0 Å². The largest absolute Gasteiger partial charge is 0.479 e. The van der Waals surface area contributed by atoms with Crippen molar-refractivity contribution in [2.75, 3.05) is 6.61 Å². The van der Waals surface area contributed by atoms with Gasteiger partial charge in [-0.3, -0.25) is 0 Å². The van der Waals surface area contributed by atoms with Crippen molar-refractivity contribution in [3.05, 3.63) is 0 Å². The van der Waals surface area contributed by atoms with Gasteiger partial charge in [0.15, 0.2) is 0 Å². The zero-order chi connectivity index (χ0) is 13.1. The molecule has 0 bridgehead atoms. The van der Waals surface area contributed by atoms with Crippen LogP contribution in [0, 0.1) is 0 Å². The van der Waals surface area contributed by atoms with Crippen LogP contribution in [0.25, 0.3) is 0 Å². The fourth-order valence-electron chi connectivity index (χ4n) is 1.88. The van der Waals surface area contributed by atoms with Gasteiger partial charge in [0.2, 0.25) is 4.38 Å². The Morgan fingerprint density at radius 2 is 1.65 bits per heavy atom. The van der Waals surface area contributed by atoms with Gasteiger partial charge in [-0.1, -0.05) is 57.7 Å². The van der Waals surface area contributed by atoms with Gasteiger partial charge >= 0.3 is 0 Å². The molecule has 0 heterocycles. The number of unbranched alkanes of at least 4 members (excludes halogenated alkanes) is 3. The number of thiocarbonyl (C=S) groups is 1. The molecule has 102 valence electrons. The van der Waals surface area contributed by atoms with Crippen molar-refractivity contribution in [3.63, 3.8) is 0 Å². The molecule has 0 aliphatic heterocycles. The fraction of sp³-hybridized carbons (Fsp3) is 0.929. The monoisotopic (exact) mass is 276 g/mol. The second-order valence-corrected chi connectivity index (χ2v) is 6.99. The number of rotatable bonds is 9. The molecule has 1 atom stereocenters. The Labute approximate surface area is 117 Å². The second-order valence-electron chi connectivity index (χ2n) is 4.80. The van der Waals surface area contributed by atoms with Gasteiger partial charge in [-0.2, -0.15) is 0 Å². The summed E-state index contributed by atoms with van der Waals surface area (Å²) >= 11 is 7.04. The van der Waals surface area contributed by atoms with Gasteiger partial charge in [0.25, 0.3) is 0 Å². The molecule has 0 amide bonds. The van der Waals surface area contributed by atoms with Crippen LogP contribution in [0.15, 0.2) is 0 Å². The van der Waals surface area contributed by atoms with Crippen molar-refractivity contribution in [3.8, 4) is 0 Å². The maximum atomic E-state index is 5.42. The summed E-state index contributed by atoms with van der Waals surface area (Å²) in [5.74, 6) is 0. The summed E-state index contributed by atoms with van der Waals surface area (Å²) in [5.41, 5.74) is 0. The fourth-order valence-corrected chi connectivity index (χ4v) is 3.67. The van der Waals surface area contributed by atoms with Crippen molar-refractivity contribution in [2.45, 2.75) is 77.4 Å². The molecule has 1 nitrogen and oxygen atoms in total. The molecule has 0 saturated carbocycles. The maximum Gasteiger partial charge on any atom is 0.220 e. The number of thioether (sulfide) groups is 1. The summed E-state index contributed by atoms with van der Waals surface area (Å²) in [5, 5.41) is 0. The average molecular weight is 277 g/mol. The number of hydrogen-bond acceptors (Lipinski definition) is 3. The van der Waals surface area contributed by atoms with Gasteiger partial charge in [0.05, 0.1) is 6.61 Å². The third kappa shape index (κ3) is 8.90. The summed E-state index contributed by atoms with van der Waals surface area (Å²) in [4.78, 5) is 0. The van der Waals surface area contributed by atoms with Gasteiger partial charge in [-0.05, 0) is 38.9 Å². The van der Waals surface area contributed by atoms with Crippen molar-refractivity contribution in [1.82, 2.24) is 0 Å². The highest BCUT2D eigenvalue weighted by molar-refractivity contribution is 8.23. The first kappa shape index (κ1) is 17.2. The molecule has 0 aromatic rings. The van der Waals surface area contributed by atoms with E-state index in [0.29, 0.717) is 6.61 Å². The van der Waals surface area contributed by atoms with Crippen molar-refractivity contribution in [1.29, 1.82) is 0 Å². The van der Waals surface area contributed by atoms with Crippen LogP contribution in [0.5, 0.6) is 0 Å². The van der Waals surface area contributed by atoms with Gasteiger partial charge < -0.3 is 4.74 Å². The summed E-state index contributed by atoms with van der Waals surface area (Å²) in [7, 11) is 0. The van der Waals surface area contributed by atoms with Crippen LogP contribution in [0.1, 0.15) is 72.6 Å². The first-order valence-corrected chi connectivity index (χ1v) is 8.16. The molecule has 0 N–H and O–H groups in total. The first-order chi connectivity index (χ1) is 8.08. The Balaban J connectivity index is 4.21. The quantitative estimate of drug-likeness (QED) is 0.402. The van der Waals surface area contributed by atoms with E-state index in [2.05, 4.69) is 20.8 Å². The molecule has 1 unspecified atom stereocenters. The minimum atomic E-state index is 0.275. The van der Waals surface area contributed by atoms with E-state index in [1.54, 1.807) is 11.8 Å². The Morgan fingerprint density at radius 1 is 1.06 bits per heavy atom. The zero-order valence-corrected chi connectivity index (χ0v) is 13.5. The molecule has 0 spiro atoms. The van der Waals surface area contributed by atoms with E-state index in [1.165, 1.54) is 44.9 Å². The number of hydrogen-bond donors (Lipinski definition) is 0. The first-order valence-electron chi connectivity index (χ1n) is 6.93. The topological polar surface area (TPSA) is 9.23 Å². The number of ether oxygens (including phenoxy) is 1. The second kappa shape index (κ2) is 10.2. The summed E-state index contributed by atoms with van der Waals surface area (Å²) < 4.78 is 6.42. The molecule has 0 radical (unpaired) electrons. The van der Waals surface area contributed by atoms with E-state index < -0.39 is 0 Å². The van der Waals surface area contributed by atoms with Gasteiger partial charge in [-0.25, -0.2) is 0 Å². The zero-order valence-electron chi connectivity index (χ0n) is 11.9. The predicted octanol–water partition coefficient (Wildman–Crippen LogP) is 5.57. The van der Waals surface area contributed by atoms with Crippen molar-refractivity contribution in [2.24, 2.45) is 0 Å². The molecular weight excluding hydrogens is 248 g/mol. The Hall–Kier alpha value is 0.240. The van der Waals surface area contributed by atoms with Crippen molar-refractivity contribution >= 4 is 28.4 Å². The average Bonchev–Trinajstić information content (AvgIpc) is 2.27. The smallest absolute Gasteiger partial charge is 0.220 e. The highest BCUT2D eigenvalue weighted by Crippen LogP contribution is 2.37. The lowest BCUT2D eigenvalue weighted by atomic mass is 9.96. The molecule has 0 fully saturated rings. The highest BCUT2D eigenvalue weighted by Gasteiger charge is 2.26. The molecule has 0 rings (SSSR count). The minimum absolute atomic E-state index is 0.275. The van der Waals surface area contributed by atoms with Gasteiger partial charge in [0.1, 0.15) is 0 Å². The highest BCUT2D eigenvalue weighted by atomic mass is 32.2. The van der Waals surface area contributed by atoms with Crippen molar-refractivity contribution < 1.29 is 4.74 Å². The third-order valence-corrected chi connectivity index (χ3v) is 4.51. The van der Waals surface area contributed by atoms with Crippen LogP contribution in [0.3, 0.4) is 0 Å². The van der Waals surface area contributed by atoms with Crippen LogP contribution in [-0.4, -0.2) is 15.7 Å². The molecule has 17 heavy (non-hydrogen) atoms. The molecule has 0 aromatic carbocycles. The van der Waals surface area contributed by atoms with Gasteiger partial charge in [0, 0.05) is 4.75 Å². The normalized spacial score (nSPS) is 14.4. The SMILES string of the molecule is CCCCCC(C)(CCCC)SC(=S)OCC. The van der Waals surface area contributed by atoms with Crippen LogP contribution in [-0.2, 0) is 4.74 Å². The van der Waals surface area contributed by atoms with E-state index in [0.717, 1.165) is 4.38 Å². The lowest BCUT2D eigenvalue weighted by molar-refractivity contribution is 0.345. The lowest BCUT2D eigenvalue weighted by Gasteiger charge is -2.28. The van der Waals surface area contributed by atoms with E-state index >= 15 is 0 Å². The van der Waals surface area contributed by atoms with E-state index in [1.807, 2.05) is 6.92 Å². The standard InChI is InChI=1S/C14H28OS2/c1-5-8-10-12-14(4,11-9-6-2)17-13(16)15-7-3/h5-12H2,1-4H3. The Kier molecular flexibility index (Phi) is 10.3. The van der Waals surface area contributed by atoms with Gasteiger partial charge in [-0.15, -0.1) is 0 Å². The minimum Gasteiger partial charge on any atom is -0.479 e. The summed E-state index contributed by atoms with van der Waals surface area (Å²) in [6.45, 7) is 9.52. The van der Waals surface area contributed by atoms with Crippen LogP contribution >= 0.6 is 24.0 Å². The molecule has 0 saturated heterocycles. The Bertz CT molecular complexity index is 206. The van der Waals surface area contributed by atoms with E-state index in [4.69, 9.17) is 17.0 Å². The van der Waals surface area contributed by atoms with Crippen LogP contribution in [0.2, 0.25) is 0 Å². The predicted molar refractivity (Wildman–Crippen MR) is 83.9 cm³/mol. The van der Waals surface area contributed by atoms with E-state index in [-0.39, 0.29) is 4.75 Å². The summed E-state index contributed by atoms with van der Waals surface area (Å²) in [6, 6.07) is 0. The lowest BCUT2D eigenvalue weighted by Crippen LogP contribution is -2.22. The third-order valence-electron chi connectivity index (χ3n) is 2.96. The molecule has 0 aliphatic rings. The molecular formula is C14H28OS2. The molecule has 0 aliphatic carbocycles. The summed E-state index contributed by atoms with van der Waals surface area (Å²) in [6.07, 6.45) is 8.94.